The molecule has 2 aromatic heterocycles. The van der Waals surface area contributed by atoms with Gasteiger partial charge in [0.2, 0.25) is 5.88 Å². The maximum Gasteiger partial charge on any atom is 0.422 e. The van der Waals surface area contributed by atoms with E-state index in [2.05, 4.69) is 25.6 Å². The normalized spacial score (nSPS) is 12.0. The molecular formula is C18H21ClF3N5O. The second-order valence-electron chi connectivity index (χ2n) is 5.73. The molecule has 0 saturated carbocycles. The van der Waals surface area contributed by atoms with Gasteiger partial charge in [0, 0.05) is 31.0 Å². The van der Waals surface area contributed by atoms with Crippen LogP contribution in [0.25, 0.3) is 0 Å². The highest BCUT2D eigenvalue weighted by molar-refractivity contribution is 6.29. The Bertz CT molecular complexity index is 769. The molecule has 152 valence electrons. The number of aliphatic imine (C=N–C) groups is 1. The Morgan fingerprint density at radius 2 is 2.04 bits per heavy atom. The highest BCUT2D eigenvalue weighted by atomic mass is 35.5. The highest BCUT2D eigenvalue weighted by Crippen LogP contribution is 2.20. The summed E-state index contributed by atoms with van der Waals surface area (Å²) in [7, 11) is 0. The molecule has 0 saturated heterocycles. The van der Waals surface area contributed by atoms with E-state index < -0.39 is 12.8 Å². The summed E-state index contributed by atoms with van der Waals surface area (Å²) in [4.78, 5) is 12.3. The van der Waals surface area contributed by atoms with Crippen molar-refractivity contribution in [2.24, 2.45) is 4.99 Å². The lowest BCUT2D eigenvalue weighted by Crippen LogP contribution is -2.38. The second kappa shape index (κ2) is 10.7. The Morgan fingerprint density at radius 3 is 2.71 bits per heavy atom. The van der Waals surface area contributed by atoms with Crippen LogP contribution in [0.15, 0.2) is 41.7 Å². The van der Waals surface area contributed by atoms with Gasteiger partial charge in [-0.1, -0.05) is 23.7 Å². The van der Waals surface area contributed by atoms with Gasteiger partial charge in [-0.2, -0.15) is 13.2 Å². The van der Waals surface area contributed by atoms with Crippen LogP contribution in [-0.4, -0.2) is 41.8 Å². The van der Waals surface area contributed by atoms with E-state index in [1.54, 1.807) is 24.4 Å². The Balaban J connectivity index is 1.95. The summed E-state index contributed by atoms with van der Waals surface area (Å²) in [6, 6.07) is 6.87. The summed E-state index contributed by atoms with van der Waals surface area (Å²) in [5.41, 5.74) is 1.48. The van der Waals surface area contributed by atoms with Crippen LogP contribution in [0.2, 0.25) is 5.15 Å². The second-order valence-corrected chi connectivity index (χ2v) is 6.12. The van der Waals surface area contributed by atoms with Crippen LogP contribution >= 0.6 is 11.6 Å². The zero-order valence-electron chi connectivity index (χ0n) is 15.3. The van der Waals surface area contributed by atoms with E-state index >= 15 is 0 Å². The van der Waals surface area contributed by atoms with Crippen LogP contribution < -0.4 is 15.4 Å². The molecule has 2 rings (SSSR count). The minimum Gasteiger partial charge on any atom is -0.468 e. The van der Waals surface area contributed by atoms with Gasteiger partial charge in [0.15, 0.2) is 12.6 Å². The van der Waals surface area contributed by atoms with Gasteiger partial charge < -0.3 is 15.4 Å². The fourth-order valence-corrected chi connectivity index (χ4v) is 2.32. The first kappa shape index (κ1) is 21.7. The third-order valence-corrected chi connectivity index (χ3v) is 3.69. The number of ether oxygens (including phenoxy) is 1. The lowest BCUT2D eigenvalue weighted by Gasteiger charge is -2.13. The minimum atomic E-state index is -4.43. The number of halogens is 4. The summed E-state index contributed by atoms with van der Waals surface area (Å²) < 4.78 is 41.9. The van der Waals surface area contributed by atoms with E-state index in [1.165, 1.54) is 6.20 Å². The lowest BCUT2D eigenvalue weighted by atomic mass is 10.2. The molecule has 0 spiro atoms. The number of hydrogen-bond donors (Lipinski definition) is 2. The largest absolute Gasteiger partial charge is 0.468 e. The van der Waals surface area contributed by atoms with Crippen molar-refractivity contribution in [2.75, 3.05) is 19.7 Å². The molecule has 0 aromatic carbocycles. The number of hydrogen-bond acceptors (Lipinski definition) is 4. The maximum absolute atomic E-state index is 12.4. The van der Waals surface area contributed by atoms with Crippen molar-refractivity contribution in [1.29, 1.82) is 0 Å². The molecule has 0 fully saturated rings. The van der Waals surface area contributed by atoms with Crippen molar-refractivity contribution in [1.82, 2.24) is 20.6 Å². The van der Waals surface area contributed by atoms with E-state index in [9.17, 15) is 13.2 Å². The summed E-state index contributed by atoms with van der Waals surface area (Å²) in [6.45, 7) is 1.88. The summed E-state index contributed by atoms with van der Waals surface area (Å²) >= 11 is 5.76. The van der Waals surface area contributed by atoms with Crippen molar-refractivity contribution in [2.45, 2.75) is 26.1 Å². The van der Waals surface area contributed by atoms with Gasteiger partial charge in [0.1, 0.15) is 5.15 Å². The molecule has 0 amide bonds. The van der Waals surface area contributed by atoms with Crippen molar-refractivity contribution >= 4 is 17.6 Å². The van der Waals surface area contributed by atoms with Crippen LogP contribution in [-0.2, 0) is 13.0 Å². The van der Waals surface area contributed by atoms with Gasteiger partial charge in [-0.15, -0.1) is 0 Å². The minimum absolute atomic E-state index is 0.0772. The summed E-state index contributed by atoms with van der Waals surface area (Å²) in [6.07, 6.45) is -0.636. The third-order valence-electron chi connectivity index (χ3n) is 3.47. The highest BCUT2D eigenvalue weighted by Gasteiger charge is 2.29. The summed E-state index contributed by atoms with van der Waals surface area (Å²) in [5, 5.41) is 6.69. The van der Waals surface area contributed by atoms with Gasteiger partial charge in [-0.05, 0) is 31.0 Å². The maximum atomic E-state index is 12.4. The van der Waals surface area contributed by atoms with Gasteiger partial charge in [-0.25, -0.2) is 15.0 Å². The van der Waals surface area contributed by atoms with Crippen LogP contribution in [0.4, 0.5) is 13.2 Å². The standard InChI is InChI=1S/C18H21ClF3N5O/c1-2-23-17(25-9-7-13-5-6-15(19)26-10-13)27-11-14-4-3-8-24-16(14)28-12-18(20,21)22/h3-6,8,10H,2,7,9,11-12H2,1H3,(H2,23,25,27). The molecule has 0 bridgehead atoms. The van der Waals surface area contributed by atoms with E-state index in [-0.39, 0.29) is 12.4 Å². The van der Waals surface area contributed by atoms with Gasteiger partial charge in [0.05, 0.1) is 6.54 Å². The molecule has 0 atom stereocenters. The first-order valence-corrected chi connectivity index (χ1v) is 9.01. The molecule has 0 radical (unpaired) electrons. The molecule has 2 N–H and O–H groups in total. The SMILES string of the molecule is CCNC(=NCc1cccnc1OCC(F)(F)F)NCCc1ccc(Cl)nc1. The van der Waals surface area contributed by atoms with E-state index in [0.717, 1.165) is 5.56 Å². The number of pyridine rings is 2. The Labute approximate surface area is 166 Å². The van der Waals surface area contributed by atoms with Gasteiger partial charge in [0.25, 0.3) is 0 Å². The van der Waals surface area contributed by atoms with Gasteiger partial charge in [-0.3, -0.25) is 0 Å². The number of alkyl halides is 3. The zero-order valence-corrected chi connectivity index (χ0v) is 16.0. The molecule has 6 nitrogen and oxygen atoms in total. The van der Waals surface area contributed by atoms with Crippen LogP contribution in [0, 0.1) is 0 Å². The zero-order chi connectivity index (χ0) is 20.4. The monoisotopic (exact) mass is 415 g/mol. The molecular weight excluding hydrogens is 395 g/mol. The number of guanidine groups is 1. The first-order chi connectivity index (χ1) is 13.4. The lowest BCUT2D eigenvalue weighted by molar-refractivity contribution is -0.154. The van der Waals surface area contributed by atoms with E-state index in [1.807, 2.05) is 13.0 Å². The predicted octanol–water partition coefficient (Wildman–Crippen LogP) is 3.37. The average Bonchev–Trinajstić information content (AvgIpc) is 2.66. The Morgan fingerprint density at radius 1 is 1.21 bits per heavy atom. The topological polar surface area (TPSA) is 71.4 Å². The van der Waals surface area contributed by atoms with E-state index in [4.69, 9.17) is 16.3 Å². The van der Waals surface area contributed by atoms with Crippen LogP contribution in [0.3, 0.4) is 0 Å². The van der Waals surface area contributed by atoms with Crippen LogP contribution in [0.1, 0.15) is 18.1 Å². The average molecular weight is 416 g/mol. The molecule has 2 heterocycles. The van der Waals surface area contributed by atoms with Crippen LogP contribution in [0.5, 0.6) is 5.88 Å². The van der Waals surface area contributed by atoms with Crippen molar-refractivity contribution in [3.05, 3.63) is 52.9 Å². The van der Waals surface area contributed by atoms with Gasteiger partial charge >= 0.3 is 6.18 Å². The van der Waals surface area contributed by atoms with Crippen molar-refractivity contribution < 1.29 is 17.9 Å². The molecule has 0 aliphatic heterocycles. The number of rotatable bonds is 8. The van der Waals surface area contributed by atoms with Crippen molar-refractivity contribution in [3.8, 4) is 5.88 Å². The number of nitrogens with zero attached hydrogens (tertiary/aromatic N) is 3. The molecule has 28 heavy (non-hydrogen) atoms. The number of aromatic nitrogens is 2. The smallest absolute Gasteiger partial charge is 0.422 e. The molecule has 10 heteroatoms. The molecule has 2 aromatic rings. The first-order valence-electron chi connectivity index (χ1n) is 8.63. The molecule has 0 aliphatic carbocycles. The fraction of sp³-hybridized carbons (Fsp3) is 0.389. The third kappa shape index (κ3) is 7.99. The number of nitrogens with one attached hydrogen (secondary N) is 2. The fourth-order valence-electron chi connectivity index (χ4n) is 2.21. The Hall–Kier alpha value is -2.55. The quantitative estimate of drug-likeness (QED) is 0.393. The van der Waals surface area contributed by atoms with E-state index in [0.29, 0.717) is 36.2 Å². The predicted molar refractivity (Wildman–Crippen MR) is 102 cm³/mol. The molecule has 0 aliphatic rings. The molecule has 0 unspecified atom stereocenters. The van der Waals surface area contributed by atoms with Crippen molar-refractivity contribution in [3.63, 3.8) is 0 Å². The summed E-state index contributed by atoms with van der Waals surface area (Å²) in [5.74, 6) is 0.460. The Kier molecular flexibility index (Phi) is 8.31.